The Balaban J connectivity index is 2.39. The molecule has 130 valence electrons. The molecule has 25 heavy (non-hydrogen) atoms. The topological polar surface area (TPSA) is 125 Å². The lowest BCUT2D eigenvalue weighted by molar-refractivity contribution is -0.385. The number of carbonyl (C=O) groups is 2. The minimum Gasteiger partial charge on any atom is -0.465 e. The molecule has 0 aliphatic rings. The maximum absolute atomic E-state index is 13.0. The average molecular weight is 347 g/mol. The zero-order valence-corrected chi connectivity index (χ0v) is 13.1. The summed E-state index contributed by atoms with van der Waals surface area (Å²) in [4.78, 5) is 33.7. The van der Waals surface area contributed by atoms with Gasteiger partial charge in [-0.15, -0.1) is 0 Å². The lowest BCUT2D eigenvalue weighted by Crippen LogP contribution is -2.27. The fraction of sp³-hybridized carbons (Fsp3) is 0.125. The Morgan fingerprint density at radius 2 is 1.88 bits per heavy atom. The molecule has 0 radical (unpaired) electrons. The van der Waals surface area contributed by atoms with Crippen molar-refractivity contribution in [3.05, 3.63) is 69.5 Å². The Labute approximate surface area is 141 Å². The number of nitro benzene ring substituents is 1. The molecule has 3 N–H and O–H groups in total. The fourth-order valence-corrected chi connectivity index (χ4v) is 2.20. The summed E-state index contributed by atoms with van der Waals surface area (Å²) in [6.45, 7) is 0. The maximum Gasteiger partial charge on any atom is 0.344 e. The highest BCUT2D eigenvalue weighted by molar-refractivity contribution is 5.95. The molecule has 9 heteroatoms. The molecule has 2 aromatic rings. The number of nitrogens with one attached hydrogen (secondary N) is 1. The van der Waals surface area contributed by atoms with Crippen molar-refractivity contribution in [2.45, 2.75) is 6.04 Å². The number of amides is 1. The van der Waals surface area contributed by atoms with Crippen molar-refractivity contribution in [3.8, 4) is 0 Å². The van der Waals surface area contributed by atoms with Gasteiger partial charge in [-0.05, 0) is 29.8 Å². The molecule has 0 aliphatic carbocycles. The predicted octanol–water partition coefficient (Wildman–Crippen LogP) is 2.16. The predicted molar refractivity (Wildman–Crippen MR) is 86.4 cm³/mol. The SMILES string of the molecule is COC(=O)c1cc(NC(C(N)=O)c2ccc(F)cc2)ccc1[N+](=O)[O-]. The first kappa shape index (κ1) is 17.9. The molecule has 0 saturated carbocycles. The highest BCUT2D eigenvalue weighted by Crippen LogP contribution is 2.26. The number of nitrogens with two attached hydrogens (primary N) is 1. The van der Waals surface area contributed by atoms with Crippen molar-refractivity contribution in [3.63, 3.8) is 0 Å². The second-order valence-electron chi connectivity index (χ2n) is 5.01. The number of rotatable bonds is 6. The smallest absolute Gasteiger partial charge is 0.344 e. The normalized spacial score (nSPS) is 11.4. The molecule has 0 saturated heterocycles. The van der Waals surface area contributed by atoms with E-state index < -0.39 is 34.3 Å². The summed E-state index contributed by atoms with van der Waals surface area (Å²) in [7, 11) is 1.09. The van der Waals surface area contributed by atoms with Gasteiger partial charge in [0, 0.05) is 11.8 Å². The van der Waals surface area contributed by atoms with Gasteiger partial charge in [0.2, 0.25) is 5.91 Å². The first-order valence-electron chi connectivity index (χ1n) is 7.01. The minimum absolute atomic E-state index is 0.235. The first-order valence-corrected chi connectivity index (χ1v) is 7.01. The number of hydrogen-bond donors (Lipinski definition) is 2. The van der Waals surface area contributed by atoms with Crippen LogP contribution in [0.2, 0.25) is 0 Å². The van der Waals surface area contributed by atoms with Gasteiger partial charge in [-0.2, -0.15) is 0 Å². The number of carbonyl (C=O) groups excluding carboxylic acids is 2. The summed E-state index contributed by atoms with van der Waals surface area (Å²) in [5.74, 6) is -2.12. The number of benzene rings is 2. The van der Waals surface area contributed by atoms with Crippen LogP contribution in [0.5, 0.6) is 0 Å². The van der Waals surface area contributed by atoms with E-state index in [-0.39, 0.29) is 11.3 Å². The van der Waals surface area contributed by atoms with Crippen LogP contribution in [0.3, 0.4) is 0 Å². The molecule has 0 aromatic heterocycles. The average Bonchev–Trinajstić information content (AvgIpc) is 2.59. The highest BCUT2D eigenvalue weighted by atomic mass is 19.1. The molecule has 2 rings (SSSR count). The summed E-state index contributed by atoms with van der Waals surface area (Å²) in [6.07, 6.45) is 0. The zero-order valence-electron chi connectivity index (χ0n) is 13.1. The van der Waals surface area contributed by atoms with E-state index in [0.717, 1.165) is 13.2 Å². The molecule has 0 heterocycles. The minimum atomic E-state index is -1.02. The van der Waals surface area contributed by atoms with Crippen LogP contribution in [-0.2, 0) is 9.53 Å². The van der Waals surface area contributed by atoms with Crippen molar-refractivity contribution < 1.29 is 23.6 Å². The van der Waals surface area contributed by atoms with Crippen LogP contribution in [0.25, 0.3) is 0 Å². The third-order valence-corrected chi connectivity index (χ3v) is 3.40. The largest absolute Gasteiger partial charge is 0.465 e. The molecule has 1 atom stereocenters. The number of methoxy groups -OCH3 is 1. The number of halogens is 1. The van der Waals surface area contributed by atoms with Crippen molar-refractivity contribution in [2.75, 3.05) is 12.4 Å². The Kier molecular flexibility index (Phi) is 5.28. The number of primary amides is 1. The van der Waals surface area contributed by atoms with Gasteiger partial charge in [0.05, 0.1) is 12.0 Å². The van der Waals surface area contributed by atoms with E-state index in [1.54, 1.807) is 0 Å². The molecular weight excluding hydrogens is 333 g/mol. The first-order chi connectivity index (χ1) is 11.8. The number of esters is 1. The number of nitrogens with zero attached hydrogens (tertiary/aromatic N) is 1. The van der Waals surface area contributed by atoms with Crippen LogP contribution < -0.4 is 11.1 Å². The molecular formula is C16H14FN3O5. The van der Waals surface area contributed by atoms with Crippen molar-refractivity contribution >= 4 is 23.3 Å². The van der Waals surface area contributed by atoms with E-state index in [0.29, 0.717) is 5.56 Å². The summed E-state index contributed by atoms with van der Waals surface area (Å²) in [5, 5.41) is 13.8. The van der Waals surface area contributed by atoms with Gasteiger partial charge in [-0.1, -0.05) is 12.1 Å². The number of ether oxygens (including phenoxy) is 1. The monoisotopic (exact) mass is 347 g/mol. The highest BCUT2D eigenvalue weighted by Gasteiger charge is 2.23. The summed E-state index contributed by atoms with van der Waals surface area (Å²) in [5.41, 5.74) is 5.28. The molecule has 1 unspecified atom stereocenters. The van der Waals surface area contributed by atoms with E-state index >= 15 is 0 Å². The van der Waals surface area contributed by atoms with Gasteiger partial charge in [0.15, 0.2) is 0 Å². The molecule has 0 fully saturated rings. The van der Waals surface area contributed by atoms with Crippen LogP contribution in [0.15, 0.2) is 42.5 Å². The van der Waals surface area contributed by atoms with Gasteiger partial charge in [-0.3, -0.25) is 14.9 Å². The maximum atomic E-state index is 13.0. The van der Waals surface area contributed by atoms with E-state index in [1.807, 2.05) is 0 Å². The van der Waals surface area contributed by atoms with E-state index in [9.17, 15) is 24.1 Å². The molecule has 0 aliphatic heterocycles. The van der Waals surface area contributed by atoms with Crippen LogP contribution >= 0.6 is 0 Å². The van der Waals surface area contributed by atoms with Gasteiger partial charge in [0.25, 0.3) is 5.69 Å². The van der Waals surface area contributed by atoms with Crippen LogP contribution in [-0.4, -0.2) is 23.9 Å². The number of nitro groups is 1. The van der Waals surface area contributed by atoms with E-state index in [4.69, 9.17) is 5.73 Å². The summed E-state index contributed by atoms with van der Waals surface area (Å²) < 4.78 is 17.6. The van der Waals surface area contributed by atoms with E-state index in [1.165, 1.54) is 36.4 Å². The van der Waals surface area contributed by atoms with Gasteiger partial charge >= 0.3 is 5.97 Å². The third kappa shape index (κ3) is 4.08. The summed E-state index contributed by atoms with van der Waals surface area (Å²) >= 11 is 0. The zero-order chi connectivity index (χ0) is 18.6. The van der Waals surface area contributed by atoms with Crippen LogP contribution in [0.1, 0.15) is 22.0 Å². The van der Waals surface area contributed by atoms with Crippen molar-refractivity contribution in [1.82, 2.24) is 0 Å². The van der Waals surface area contributed by atoms with Crippen molar-refractivity contribution in [1.29, 1.82) is 0 Å². The Hall–Kier alpha value is -3.49. The molecule has 0 spiro atoms. The lowest BCUT2D eigenvalue weighted by atomic mass is 10.1. The number of anilines is 1. The van der Waals surface area contributed by atoms with Gasteiger partial charge in [-0.25, -0.2) is 9.18 Å². The summed E-state index contributed by atoms with van der Waals surface area (Å²) in [6, 6.07) is 7.69. The molecule has 1 amide bonds. The molecule has 0 bridgehead atoms. The fourth-order valence-electron chi connectivity index (χ4n) is 2.20. The van der Waals surface area contributed by atoms with Crippen LogP contribution in [0, 0.1) is 15.9 Å². The Bertz CT molecular complexity index is 823. The second kappa shape index (κ2) is 7.39. The van der Waals surface area contributed by atoms with Crippen LogP contribution in [0.4, 0.5) is 15.8 Å². The van der Waals surface area contributed by atoms with E-state index in [2.05, 4.69) is 10.1 Å². The lowest BCUT2D eigenvalue weighted by Gasteiger charge is -2.17. The Morgan fingerprint density at radius 1 is 1.24 bits per heavy atom. The van der Waals surface area contributed by atoms with Gasteiger partial charge < -0.3 is 15.8 Å². The molecule has 8 nitrogen and oxygen atoms in total. The van der Waals surface area contributed by atoms with Crippen molar-refractivity contribution in [2.24, 2.45) is 5.73 Å². The molecule has 2 aromatic carbocycles. The Morgan fingerprint density at radius 3 is 2.40 bits per heavy atom. The van der Waals surface area contributed by atoms with Gasteiger partial charge in [0.1, 0.15) is 17.4 Å². The standard InChI is InChI=1S/C16H14FN3O5/c1-25-16(22)12-8-11(6-7-13(12)20(23)24)19-14(15(18)21)9-2-4-10(17)5-3-9/h2-8,14,19H,1H3,(H2,18,21). The number of hydrogen-bond acceptors (Lipinski definition) is 6. The quantitative estimate of drug-likeness (QED) is 0.469. The third-order valence-electron chi connectivity index (χ3n) is 3.40. The second-order valence-corrected chi connectivity index (χ2v) is 5.01.